The number of likely N-dealkylation sites (N-methyl/N-ethyl adjacent to an activating group) is 1. The summed E-state index contributed by atoms with van der Waals surface area (Å²) in [4.78, 5) is 24.1. The molecule has 3 N–H and O–H groups in total. The molecule has 2 aromatic carbocycles. The fourth-order valence-electron chi connectivity index (χ4n) is 2.44. The van der Waals surface area contributed by atoms with E-state index in [0.717, 1.165) is 22.9 Å². The molecule has 0 unspecified atom stereocenters. The summed E-state index contributed by atoms with van der Waals surface area (Å²) in [5.74, 6) is 0.103. The highest BCUT2D eigenvalue weighted by atomic mass is 79.9. The Hall–Kier alpha value is -2.45. The predicted molar refractivity (Wildman–Crippen MR) is 122 cm³/mol. The number of thiocarbonyl (C=S) groups is 1. The van der Waals surface area contributed by atoms with E-state index in [2.05, 4.69) is 38.8 Å². The number of halogens is 1. The lowest BCUT2D eigenvalue weighted by Gasteiger charge is -2.13. The van der Waals surface area contributed by atoms with Gasteiger partial charge < -0.3 is 15.4 Å². The Labute approximate surface area is 184 Å². The molecule has 2 aromatic rings. The van der Waals surface area contributed by atoms with E-state index in [9.17, 15) is 9.59 Å². The summed E-state index contributed by atoms with van der Waals surface area (Å²) in [5.41, 5.74) is 2.00. The molecule has 0 fully saturated rings. The van der Waals surface area contributed by atoms with Gasteiger partial charge in [-0.15, -0.1) is 0 Å². The van der Waals surface area contributed by atoms with Gasteiger partial charge in [0, 0.05) is 17.2 Å². The minimum atomic E-state index is -0.355. The van der Waals surface area contributed by atoms with Gasteiger partial charge in [0.25, 0.3) is 5.91 Å². The molecule has 0 atom stereocenters. The minimum Gasteiger partial charge on any atom is -0.493 e. The van der Waals surface area contributed by atoms with Crippen molar-refractivity contribution in [1.29, 1.82) is 0 Å². The van der Waals surface area contributed by atoms with Crippen LogP contribution in [0.3, 0.4) is 0 Å². The standard InChI is InChI=1S/C21H24BrN3O3S/c1-3-4-11-28-18-10-7-15(22)13-17(18)20(27)25-21(29)24-16-8-5-14(6-9-16)12-19(26)23-2/h5-10,13H,3-4,11-12H2,1-2H3,(H,23,26)(H2,24,25,27,29). The predicted octanol–water partition coefficient (Wildman–Crippen LogP) is 4.04. The average Bonchev–Trinajstić information content (AvgIpc) is 2.70. The summed E-state index contributed by atoms with van der Waals surface area (Å²) in [5, 5.41) is 8.41. The fraction of sp³-hybridized carbons (Fsp3) is 0.286. The van der Waals surface area contributed by atoms with Gasteiger partial charge in [-0.3, -0.25) is 14.9 Å². The maximum atomic E-state index is 12.7. The Balaban J connectivity index is 1.99. The molecule has 0 radical (unpaired) electrons. The summed E-state index contributed by atoms with van der Waals surface area (Å²) in [6.07, 6.45) is 2.22. The van der Waals surface area contributed by atoms with Gasteiger partial charge in [-0.25, -0.2) is 0 Å². The molecule has 0 aromatic heterocycles. The number of benzene rings is 2. The lowest BCUT2D eigenvalue weighted by molar-refractivity contribution is -0.119. The Morgan fingerprint density at radius 2 is 1.86 bits per heavy atom. The first-order chi connectivity index (χ1) is 13.9. The number of rotatable bonds is 8. The van der Waals surface area contributed by atoms with Crippen molar-refractivity contribution >= 4 is 50.8 Å². The lowest BCUT2D eigenvalue weighted by Crippen LogP contribution is -2.34. The summed E-state index contributed by atoms with van der Waals surface area (Å²) in [6.45, 7) is 2.62. The molecule has 0 saturated carbocycles. The van der Waals surface area contributed by atoms with Crippen LogP contribution in [0, 0.1) is 0 Å². The Bertz CT molecular complexity index is 872. The Morgan fingerprint density at radius 1 is 1.14 bits per heavy atom. The van der Waals surface area contributed by atoms with Gasteiger partial charge in [0.15, 0.2) is 5.11 Å². The van der Waals surface area contributed by atoms with Crippen LogP contribution in [0.4, 0.5) is 5.69 Å². The van der Waals surface area contributed by atoms with Crippen LogP contribution < -0.4 is 20.7 Å². The van der Waals surface area contributed by atoms with E-state index >= 15 is 0 Å². The van der Waals surface area contributed by atoms with E-state index in [0.29, 0.717) is 30.0 Å². The molecule has 0 heterocycles. The molecule has 2 rings (SSSR count). The summed E-state index contributed by atoms with van der Waals surface area (Å²) in [7, 11) is 1.60. The van der Waals surface area contributed by atoms with E-state index < -0.39 is 0 Å². The van der Waals surface area contributed by atoms with Crippen LogP contribution in [-0.4, -0.2) is 30.6 Å². The molecule has 0 aliphatic carbocycles. The molecular formula is C21H24BrN3O3S. The Morgan fingerprint density at radius 3 is 2.52 bits per heavy atom. The highest BCUT2D eigenvalue weighted by molar-refractivity contribution is 9.10. The Kier molecular flexibility index (Phi) is 9.08. The minimum absolute atomic E-state index is 0.0560. The second-order valence-electron chi connectivity index (χ2n) is 6.30. The van der Waals surface area contributed by atoms with Gasteiger partial charge in [0.1, 0.15) is 5.75 Å². The third-order valence-corrected chi connectivity index (χ3v) is 4.72. The van der Waals surface area contributed by atoms with Gasteiger partial charge in [0.2, 0.25) is 5.91 Å². The number of unbranched alkanes of at least 4 members (excludes halogenated alkanes) is 1. The zero-order valence-corrected chi connectivity index (χ0v) is 18.8. The first-order valence-corrected chi connectivity index (χ1v) is 10.5. The van der Waals surface area contributed by atoms with Gasteiger partial charge >= 0.3 is 0 Å². The molecule has 154 valence electrons. The number of carbonyl (C=O) groups is 2. The van der Waals surface area contributed by atoms with E-state index in [4.69, 9.17) is 17.0 Å². The van der Waals surface area contributed by atoms with Crippen LogP contribution in [0.15, 0.2) is 46.9 Å². The smallest absolute Gasteiger partial charge is 0.261 e. The van der Waals surface area contributed by atoms with Crippen LogP contribution in [0.5, 0.6) is 5.75 Å². The molecule has 0 saturated heterocycles. The van der Waals surface area contributed by atoms with Gasteiger partial charge in [-0.2, -0.15) is 0 Å². The fourth-order valence-corrected chi connectivity index (χ4v) is 3.02. The average molecular weight is 478 g/mol. The molecular weight excluding hydrogens is 454 g/mol. The summed E-state index contributed by atoms with van der Waals surface area (Å²) in [6, 6.07) is 12.5. The second kappa shape index (κ2) is 11.5. The first kappa shape index (κ1) is 22.8. The molecule has 0 aliphatic heterocycles. The molecule has 6 nitrogen and oxygen atoms in total. The maximum absolute atomic E-state index is 12.7. The normalized spacial score (nSPS) is 10.2. The van der Waals surface area contributed by atoms with E-state index in [-0.39, 0.29) is 16.9 Å². The van der Waals surface area contributed by atoms with Gasteiger partial charge in [-0.1, -0.05) is 41.4 Å². The molecule has 0 bridgehead atoms. The second-order valence-corrected chi connectivity index (χ2v) is 7.62. The summed E-state index contributed by atoms with van der Waals surface area (Å²) < 4.78 is 6.50. The van der Waals surface area contributed by atoms with E-state index in [1.807, 2.05) is 18.2 Å². The van der Waals surface area contributed by atoms with Gasteiger partial charge in [0.05, 0.1) is 18.6 Å². The van der Waals surface area contributed by atoms with E-state index in [1.165, 1.54) is 0 Å². The number of anilines is 1. The van der Waals surface area contributed by atoms with Crippen LogP contribution in [0.1, 0.15) is 35.7 Å². The third kappa shape index (κ3) is 7.47. The molecule has 0 spiro atoms. The SMILES string of the molecule is CCCCOc1ccc(Br)cc1C(=O)NC(=S)Nc1ccc(CC(=O)NC)cc1. The number of amides is 2. The quantitative estimate of drug-likeness (QED) is 0.394. The number of hydrogen-bond acceptors (Lipinski definition) is 4. The lowest BCUT2D eigenvalue weighted by atomic mass is 10.1. The molecule has 8 heteroatoms. The van der Waals surface area contributed by atoms with Crippen LogP contribution in [0.2, 0.25) is 0 Å². The third-order valence-electron chi connectivity index (χ3n) is 4.02. The molecule has 2 amide bonds. The van der Waals surface area contributed by atoms with E-state index in [1.54, 1.807) is 31.3 Å². The first-order valence-electron chi connectivity index (χ1n) is 9.27. The maximum Gasteiger partial charge on any atom is 0.261 e. The van der Waals surface area contributed by atoms with Crippen molar-refractivity contribution in [3.8, 4) is 5.75 Å². The molecule has 29 heavy (non-hydrogen) atoms. The number of carbonyl (C=O) groups excluding carboxylic acids is 2. The molecule has 0 aliphatic rings. The van der Waals surface area contributed by atoms with Crippen LogP contribution >= 0.6 is 28.1 Å². The topological polar surface area (TPSA) is 79.5 Å². The van der Waals surface area contributed by atoms with Crippen LogP contribution in [-0.2, 0) is 11.2 Å². The van der Waals surface area contributed by atoms with Crippen molar-refractivity contribution in [1.82, 2.24) is 10.6 Å². The number of hydrogen-bond donors (Lipinski definition) is 3. The van der Waals surface area contributed by atoms with Crippen molar-refractivity contribution < 1.29 is 14.3 Å². The zero-order valence-electron chi connectivity index (χ0n) is 16.4. The van der Waals surface area contributed by atoms with Crippen molar-refractivity contribution in [2.75, 3.05) is 19.0 Å². The number of ether oxygens (including phenoxy) is 1. The van der Waals surface area contributed by atoms with Gasteiger partial charge in [-0.05, 0) is 54.5 Å². The highest BCUT2D eigenvalue weighted by Gasteiger charge is 2.15. The number of nitrogens with one attached hydrogen (secondary N) is 3. The van der Waals surface area contributed by atoms with Crippen molar-refractivity contribution in [2.45, 2.75) is 26.2 Å². The summed E-state index contributed by atoms with van der Waals surface area (Å²) >= 11 is 8.64. The zero-order chi connectivity index (χ0) is 21.2. The monoisotopic (exact) mass is 477 g/mol. The van der Waals surface area contributed by atoms with Crippen molar-refractivity contribution in [3.63, 3.8) is 0 Å². The largest absolute Gasteiger partial charge is 0.493 e. The van der Waals surface area contributed by atoms with Crippen molar-refractivity contribution in [2.24, 2.45) is 0 Å². The van der Waals surface area contributed by atoms with Crippen molar-refractivity contribution in [3.05, 3.63) is 58.1 Å². The van der Waals surface area contributed by atoms with Crippen LogP contribution in [0.25, 0.3) is 0 Å². The highest BCUT2D eigenvalue weighted by Crippen LogP contribution is 2.23.